The number of ether oxygens (including phenoxy) is 1. The maximum atomic E-state index is 11.3. The molecule has 1 aromatic rings. The largest absolute Gasteiger partial charge is 0.465 e. The number of carbonyl (C=O) groups excluding carboxylic acids is 1. The molecule has 0 aliphatic rings. The highest BCUT2D eigenvalue weighted by Gasteiger charge is 2.08. The smallest absolute Gasteiger partial charge is 0.337 e. The Labute approximate surface area is 102 Å². The number of hydrogen-bond donors (Lipinski definition) is 0. The first kappa shape index (κ1) is 13.0. The molecule has 0 saturated heterocycles. The molecule has 0 saturated carbocycles. The third-order valence-corrected chi connectivity index (χ3v) is 2.31. The molecule has 3 nitrogen and oxygen atoms in total. The number of esters is 1. The standard InChI is InChI=1S/C14H17NO2/c1-11(14(16)17-4)10-13(15(2)3)12-8-6-5-7-9-12/h5-10H,1H2,2-4H3/b13-10-. The number of rotatable bonds is 4. The zero-order valence-electron chi connectivity index (χ0n) is 10.4. The molecule has 0 bridgehead atoms. The Morgan fingerprint density at radius 2 is 1.88 bits per heavy atom. The van der Waals surface area contributed by atoms with Gasteiger partial charge in [-0.15, -0.1) is 0 Å². The summed E-state index contributed by atoms with van der Waals surface area (Å²) in [5.74, 6) is -0.416. The summed E-state index contributed by atoms with van der Waals surface area (Å²) < 4.78 is 4.63. The topological polar surface area (TPSA) is 29.5 Å². The fourth-order valence-electron chi connectivity index (χ4n) is 1.43. The lowest BCUT2D eigenvalue weighted by Gasteiger charge is -2.17. The number of nitrogens with zero attached hydrogens (tertiary/aromatic N) is 1. The van der Waals surface area contributed by atoms with Crippen LogP contribution in [0.1, 0.15) is 5.56 Å². The minimum atomic E-state index is -0.416. The summed E-state index contributed by atoms with van der Waals surface area (Å²) in [5, 5.41) is 0. The molecule has 0 amide bonds. The van der Waals surface area contributed by atoms with Crippen LogP contribution in [0.2, 0.25) is 0 Å². The van der Waals surface area contributed by atoms with Crippen molar-refractivity contribution in [1.82, 2.24) is 4.90 Å². The summed E-state index contributed by atoms with van der Waals surface area (Å²) >= 11 is 0. The second kappa shape index (κ2) is 5.89. The lowest BCUT2D eigenvalue weighted by atomic mass is 10.1. The molecule has 1 rings (SSSR count). The van der Waals surface area contributed by atoms with Crippen molar-refractivity contribution >= 4 is 11.7 Å². The van der Waals surface area contributed by atoms with Gasteiger partial charge in [0.15, 0.2) is 0 Å². The zero-order chi connectivity index (χ0) is 12.8. The van der Waals surface area contributed by atoms with Gasteiger partial charge in [0.05, 0.1) is 12.7 Å². The molecule has 0 N–H and O–H groups in total. The summed E-state index contributed by atoms with van der Waals surface area (Å²) in [4.78, 5) is 13.3. The molecule has 0 aliphatic carbocycles. The van der Waals surface area contributed by atoms with Crippen LogP contribution in [-0.2, 0) is 9.53 Å². The predicted molar refractivity (Wildman–Crippen MR) is 69.3 cm³/mol. The van der Waals surface area contributed by atoms with Crippen LogP contribution in [0.25, 0.3) is 5.70 Å². The molecule has 0 aromatic heterocycles. The maximum absolute atomic E-state index is 11.3. The van der Waals surface area contributed by atoms with E-state index in [9.17, 15) is 4.79 Å². The van der Waals surface area contributed by atoms with E-state index in [-0.39, 0.29) is 0 Å². The molecule has 0 aliphatic heterocycles. The number of carbonyl (C=O) groups is 1. The number of hydrogen-bond acceptors (Lipinski definition) is 3. The minimum Gasteiger partial charge on any atom is -0.465 e. The van der Waals surface area contributed by atoms with Gasteiger partial charge in [-0.3, -0.25) is 0 Å². The molecule has 3 heteroatoms. The van der Waals surface area contributed by atoms with Crippen molar-refractivity contribution in [3.05, 3.63) is 54.1 Å². The Balaban J connectivity index is 3.07. The van der Waals surface area contributed by atoms with E-state index >= 15 is 0 Å². The van der Waals surface area contributed by atoms with E-state index < -0.39 is 5.97 Å². The number of methoxy groups -OCH3 is 1. The molecule has 1 aromatic carbocycles. The van der Waals surface area contributed by atoms with Gasteiger partial charge in [0.25, 0.3) is 0 Å². The lowest BCUT2D eigenvalue weighted by Crippen LogP contribution is -2.12. The molecule has 90 valence electrons. The third kappa shape index (κ3) is 3.48. The van der Waals surface area contributed by atoms with Crippen molar-refractivity contribution in [2.24, 2.45) is 0 Å². The highest BCUT2D eigenvalue weighted by molar-refractivity contribution is 5.93. The van der Waals surface area contributed by atoms with Crippen molar-refractivity contribution in [2.75, 3.05) is 21.2 Å². The summed E-state index contributed by atoms with van der Waals surface area (Å²) in [6, 6.07) is 9.82. The lowest BCUT2D eigenvalue weighted by molar-refractivity contribution is -0.135. The van der Waals surface area contributed by atoms with E-state index in [0.717, 1.165) is 11.3 Å². The van der Waals surface area contributed by atoms with Crippen LogP contribution >= 0.6 is 0 Å². The Morgan fingerprint density at radius 3 is 2.35 bits per heavy atom. The van der Waals surface area contributed by atoms with Gasteiger partial charge in [-0.2, -0.15) is 0 Å². The third-order valence-electron chi connectivity index (χ3n) is 2.31. The van der Waals surface area contributed by atoms with E-state index in [1.54, 1.807) is 6.08 Å². The van der Waals surface area contributed by atoms with Crippen molar-refractivity contribution in [3.63, 3.8) is 0 Å². The van der Waals surface area contributed by atoms with E-state index in [4.69, 9.17) is 0 Å². The van der Waals surface area contributed by atoms with Crippen LogP contribution in [0.4, 0.5) is 0 Å². The van der Waals surface area contributed by atoms with Crippen molar-refractivity contribution in [1.29, 1.82) is 0 Å². The highest BCUT2D eigenvalue weighted by Crippen LogP contribution is 2.18. The van der Waals surface area contributed by atoms with Gasteiger partial charge in [0.1, 0.15) is 0 Å². The molecule has 0 heterocycles. The fourth-order valence-corrected chi connectivity index (χ4v) is 1.43. The summed E-state index contributed by atoms with van der Waals surface area (Å²) in [5.41, 5.74) is 2.28. The number of benzene rings is 1. The van der Waals surface area contributed by atoms with E-state index in [2.05, 4.69) is 11.3 Å². The average molecular weight is 231 g/mol. The van der Waals surface area contributed by atoms with Crippen LogP contribution in [0.15, 0.2) is 48.6 Å². The van der Waals surface area contributed by atoms with E-state index in [0.29, 0.717) is 5.57 Å². The van der Waals surface area contributed by atoms with E-state index in [1.807, 2.05) is 49.3 Å². The van der Waals surface area contributed by atoms with Gasteiger partial charge < -0.3 is 9.64 Å². The van der Waals surface area contributed by atoms with Crippen LogP contribution in [0.5, 0.6) is 0 Å². The first-order chi connectivity index (χ1) is 8.06. The molecule has 0 unspecified atom stereocenters. The van der Waals surface area contributed by atoms with Gasteiger partial charge in [0, 0.05) is 19.8 Å². The van der Waals surface area contributed by atoms with Crippen molar-refractivity contribution in [3.8, 4) is 0 Å². The van der Waals surface area contributed by atoms with Gasteiger partial charge in [-0.1, -0.05) is 36.9 Å². The monoisotopic (exact) mass is 231 g/mol. The Kier molecular flexibility index (Phi) is 4.52. The molecule has 0 atom stereocenters. The second-order valence-electron chi connectivity index (χ2n) is 3.81. The van der Waals surface area contributed by atoms with Crippen LogP contribution in [0, 0.1) is 0 Å². The van der Waals surface area contributed by atoms with Gasteiger partial charge in [-0.25, -0.2) is 4.79 Å². The first-order valence-electron chi connectivity index (χ1n) is 5.28. The van der Waals surface area contributed by atoms with E-state index in [1.165, 1.54) is 7.11 Å². The van der Waals surface area contributed by atoms with Crippen LogP contribution in [-0.4, -0.2) is 32.1 Å². The Bertz CT molecular complexity index is 433. The maximum Gasteiger partial charge on any atom is 0.337 e. The molecule has 17 heavy (non-hydrogen) atoms. The van der Waals surface area contributed by atoms with Crippen molar-refractivity contribution < 1.29 is 9.53 Å². The van der Waals surface area contributed by atoms with Gasteiger partial charge in [-0.05, 0) is 11.6 Å². The normalized spacial score (nSPS) is 10.9. The molecular weight excluding hydrogens is 214 g/mol. The van der Waals surface area contributed by atoms with Crippen molar-refractivity contribution in [2.45, 2.75) is 0 Å². The predicted octanol–water partition coefficient (Wildman–Crippen LogP) is 2.32. The highest BCUT2D eigenvalue weighted by atomic mass is 16.5. The van der Waals surface area contributed by atoms with Crippen LogP contribution in [0.3, 0.4) is 0 Å². The Hall–Kier alpha value is -2.03. The average Bonchev–Trinajstić information content (AvgIpc) is 2.35. The summed E-state index contributed by atoms with van der Waals surface area (Å²) in [6.45, 7) is 3.70. The molecule has 0 fully saturated rings. The van der Waals surface area contributed by atoms with Gasteiger partial charge in [0.2, 0.25) is 0 Å². The molecular formula is C14H17NO2. The molecule has 0 radical (unpaired) electrons. The quantitative estimate of drug-likeness (QED) is 0.452. The summed E-state index contributed by atoms with van der Waals surface area (Å²) in [7, 11) is 5.19. The second-order valence-corrected chi connectivity index (χ2v) is 3.81. The fraction of sp³-hybridized carbons (Fsp3) is 0.214. The summed E-state index contributed by atoms with van der Waals surface area (Å²) in [6.07, 6.45) is 1.72. The minimum absolute atomic E-state index is 0.333. The zero-order valence-corrected chi connectivity index (χ0v) is 10.4. The first-order valence-corrected chi connectivity index (χ1v) is 5.28. The molecule has 0 spiro atoms. The SMILES string of the molecule is C=C(/C=C(/c1ccccc1)N(C)C)C(=O)OC. The Morgan fingerprint density at radius 1 is 1.29 bits per heavy atom. The van der Waals surface area contributed by atoms with Gasteiger partial charge >= 0.3 is 5.97 Å². The van der Waals surface area contributed by atoms with Crippen LogP contribution < -0.4 is 0 Å².